The highest BCUT2D eigenvalue weighted by atomic mass is 79.9. The van der Waals surface area contributed by atoms with Gasteiger partial charge in [0.25, 0.3) is 0 Å². The third-order valence-electron chi connectivity index (χ3n) is 3.39. The SMILES string of the molecule is COc1ccc(Br)c(CC(CCl)Cc2cccc(Cl)c2)c1. The number of methoxy groups -OCH3 is 1. The molecule has 0 aromatic heterocycles. The molecule has 0 aliphatic carbocycles. The molecule has 0 radical (unpaired) electrons. The summed E-state index contributed by atoms with van der Waals surface area (Å²) in [4.78, 5) is 0. The molecule has 0 saturated heterocycles. The summed E-state index contributed by atoms with van der Waals surface area (Å²) in [7, 11) is 1.68. The van der Waals surface area contributed by atoms with E-state index in [-0.39, 0.29) is 0 Å². The lowest BCUT2D eigenvalue weighted by Gasteiger charge is -2.16. The number of halogens is 3. The fourth-order valence-electron chi connectivity index (χ4n) is 2.32. The van der Waals surface area contributed by atoms with Gasteiger partial charge in [0, 0.05) is 15.4 Å². The first-order valence-electron chi connectivity index (χ1n) is 6.75. The van der Waals surface area contributed by atoms with E-state index in [1.54, 1.807) is 7.11 Å². The van der Waals surface area contributed by atoms with Crippen molar-refractivity contribution in [1.29, 1.82) is 0 Å². The smallest absolute Gasteiger partial charge is 0.119 e. The van der Waals surface area contributed by atoms with Gasteiger partial charge in [-0.2, -0.15) is 0 Å². The third-order valence-corrected chi connectivity index (χ3v) is 4.84. The predicted octanol–water partition coefficient (Wildman–Crippen LogP) is 5.75. The number of hydrogen-bond donors (Lipinski definition) is 0. The first-order valence-corrected chi connectivity index (χ1v) is 8.45. The zero-order chi connectivity index (χ0) is 15.2. The van der Waals surface area contributed by atoms with Gasteiger partial charge >= 0.3 is 0 Å². The molecule has 0 fully saturated rings. The number of benzene rings is 2. The molecule has 2 aromatic carbocycles. The Bertz CT molecular complexity index is 601. The lowest BCUT2D eigenvalue weighted by molar-refractivity contribution is 0.413. The van der Waals surface area contributed by atoms with E-state index in [4.69, 9.17) is 27.9 Å². The Balaban J connectivity index is 2.12. The molecule has 0 spiro atoms. The largest absolute Gasteiger partial charge is 0.497 e. The Morgan fingerprint density at radius 2 is 1.95 bits per heavy atom. The molecule has 0 aliphatic heterocycles. The van der Waals surface area contributed by atoms with Crippen LogP contribution in [0.2, 0.25) is 5.02 Å². The van der Waals surface area contributed by atoms with E-state index in [9.17, 15) is 0 Å². The van der Waals surface area contributed by atoms with Gasteiger partial charge in [0.1, 0.15) is 5.75 Å². The average Bonchev–Trinajstić information content (AvgIpc) is 2.48. The van der Waals surface area contributed by atoms with E-state index in [0.29, 0.717) is 11.8 Å². The minimum atomic E-state index is 0.355. The van der Waals surface area contributed by atoms with E-state index in [0.717, 1.165) is 28.1 Å². The summed E-state index contributed by atoms with van der Waals surface area (Å²) in [5, 5.41) is 0.767. The second-order valence-electron chi connectivity index (χ2n) is 5.02. The maximum absolute atomic E-state index is 6.15. The highest BCUT2D eigenvalue weighted by Crippen LogP contribution is 2.27. The van der Waals surface area contributed by atoms with E-state index < -0.39 is 0 Å². The van der Waals surface area contributed by atoms with Crippen molar-refractivity contribution in [3.63, 3.8) is 0 Å². The lowest BCUT2D eigenvalue weighted by Crippen LogP contribution is -2.10. The molecule has 0 aliphatic rings. The van der Waals surface area contributed by atoms with E-state index in [2.05, 4.69) is 28.1 Å². The zero-order valence-corrected chi connectivity index (χ0v) is 14.9. The van der Waals surface area contributed by atoms with Crippen molar-refractivity contribution in [1.82, 2.24) is 0 Å². The quantitative estimate of drug-likeness (QED) is 0.573. The molecule has 2 rings (SSSR count). The van der Waals surface area contributed by atoms with Gasteiger partial charge in [-0.05, 0) is 60.2 Å². The molecule has 1 nitrogen and oxygen atoms in total. The van der Waals surface area contributed by atoms with Crippen LogP contribution < -0.4 is 4.74 Å². The number of hydrogen-bond acceptors (Lipinski definition) is 1. The summed E-state index contributed by atoms with van der Waals surface area (Å²) in [6.45, 7) is 0. The predicted molar refractivity (Wildman–Crippen MR) is 93.8 cm³/mol. The minimum absolute atomic E-state index is 0.355. The average molecular weight is 388 g/mol. The maximum Gasteiger partial charge on any atom is 0.119 e. The third kappa shape index (κ3) is 4.91. The zero-order valence-electron chi connectivity index (χ0n) is 11.8. The van der Waals surface area contributed by atoms with E-state index in [1.165, 1.54) is 11.1 Å². The summed E-state index contributed by atoms with van der Waals surface area (Å²) in [5.74, 6) is 1.83. The standard InChI is InChI=1S/C17H17BrCl2O/c1-21-16-5-6-17(18)14(10-16)8-13(11-19)7-12-3-2-4-15(20)9-12/h2-6,9-10,13H,7-8,11H2,1H3. The molecule has 1 atom stereocenters. The van der Waals surface area contributed by atoms with Crippen LogP contribution in [0.15, 0.2) is 46.9 Å². The van der Waals surface area contributed by atoms with Gasteiger partial charge in [-0.3, -0.25) is 0 Å². The first kappa shape index (κ1) is 16.7. The van der Waals surface area contributed by atoms with Gasteiger partial charge in [0.15, 0.2) is 0 Å². The van der Waals surface area contributed by atoms with Crippen LogP contribution >= 0.6 is 39.1 Å². The summed E-state index contributed by atoms with van der Waals surface area (Å²) in [6.07, 6.45) is 1.81. The van der Waals surface area contributed by atoms with Gasteiger partial charge in [0.2, 0.25) is 0 Å². The van der Waals surface area contributed by atoms with Crippen molar-refractivity contribution < 1.29 is 4.74 Å². The van der Waals surface area contributed by atoms with Gasteiger partial charge in [-0.25, -0.2) is 0 Å². The van der Waals surface area contributed by atoms with Crippen molar-refractivity contribution in [3.8, 4) is 5.75 Å². The van der Waals surface area contributed by atoms with Crippen LogP contribution in [-0.4, -0.2) is 13.0 Å². The highest BCUT2D eigenvalue weighted by Gasteiger charge is 2.13. The molecule has 112 valence electrons. The van der Waals surface area contributed by atoms with Crippen LogP contribution in [0.4, 0.5) is 0 Å². The maximum atomic E-state index is 6.15. The monoisotopic (exact) mass is 386 g/mol. The van der Waals surface area contributed by atoms with Crippen LogP contribution in [0.5, 0.6) is 5.75 Å². The van der Waals surface area contributed by atoms with Crippen LogP contribution in [-0.2, 0) is 12.8 Å². The molecular formula is C17H17BrCl2O. The van der Waals surface area contributed by atoms with Crippen molar-refractivity contribution in [3.05, 3.63) is 63.1 Å². The molecule has 0 heterocycles. The lowest BCUT2D eigenvalue weighted by atomic mass is 9.94. The van der Waals surface area contributed by atoms with E-state index >= 15 is 0 Å². The van der Waals surface area contributed by atoms with Crippen LogP contribution in [0, 0.1) is 5.92 Å². The fourth-order valence-corrected chi connectivity index (χ4v) is 3.16. The highest BCUT2D eigenvalue weighted by molar-refractivity contribution is 9.10. The first-order chi connectivity index (χ1) is 10.1. The Morgan fingerprint density at radius 3 is 2.62 bits per heavy atom. The van der Waals surface area contributed by atoms with Crippen molar-refractivity contribution in [2.45, 2.75) is 12.8 Å². The van der Waals surface area contributed by atoms with E-state index in [1.807, 2.05) is 30.3 Å². The fraction of sp³-hybridized carbons (Fsp3) is 0.294. The molecule has 0 amide bonds. The molecular weight excluding hydrogens is 371 g/mol. The minimum Gasteiger partial charge on any atom is -0.497 e. The van der Waals surface area contributed by atoms with Crippen LogP contribution in [0.25, 0.3) is 0 Å². The molecule has 2 aromatic rings. The number of ether oxygens (including phenoxy) is 1. The topological polar surface area (TPSA) is 9.23 Å². The van der Waals surface area contributed by atoms with Crippen molar-refractivity contribution in [2.75, 3.05) is 13.0 Å². The molecule has 1 unspecified atom stereocenters. The normalized spacial score (nSPS) is 12.2. The molecule has 4 heteroatoms. The van der Waals surface area contributed by atoms with Crippen molar-refractivity contribution >= 4 is 39.1 Å². The summed E-state index contributed by atoms with van der Waals surface area (Å²) < 4.78 is 6.38. The van der Waals surface area contributed by atoms with Gasteiger partial charge in [0.05, 0.1) is 7.11 Å². The number of rotatable bonds is 6. The second-order valence-corrected chi connectivity index (χ2v) is 6.62. The molecule has 0 bridgehead atoms. The van der Waals surface area contributed by atoms with Gasteiger partial charge in [-0.1, -0.05) is 39.7 Å². The van der Waals surface area contributed by atoms with Crippen LogP contribution in [0.1, 0.15) is 11.1 Å². The molecule has 0 saturated carbocycles. The Hall–Kier alpha value is -0.700. The Kier molecular flexibility index (Phi) is 6.40. The summed E-state index contributed by atoms with van der Waals surface area (Å²) in [5.41, 5.74) is 2.43. The molecule has 21 heavy (non-hydrogen) atoms. The van der Waals surface area contributed by atoms with Crippen molar-refractivity contribution in [2.24, 2.45) is 5.92 Å². The Labute approximate surface area is 144 Å². The van der Waals surface area contributed by atoms with Crippen LogP contribution in [0.3, 0.4) is 0 Å². The molecule has 0 N–H and O–H groups in total. The Morgan fingerprint density at radius 1 is 1.14 bits per heavy atom. The second kappa shape index (κ2) is 8.07. The summed E-state index contributed by atoms with van der Waals surface area (Å²) >= 11 is 15.8. The van der Waals surface area contributed by atoms with Gasteiger partial charge < -0.3 is 4.74 Å². The summed E-state index contributed by atoms with van der Waals surface area (Å²) in [6, 6.07) is 14.0. The number of alkyl halides is 1. The van der Waals surface area contributed by atoms with Gasteiger partial charge in [-0.15, -0.1) is 11.6 Å².